The SMILES string of the molecule is [B]c1cc2c(cc1F)OCCn1c-2nc(C(=O)O)c1C(O)c1cccc(C(F)(F)F)c1. The lowest BCUT2D eigenvalue weighted by Gasteiger charge is -2.17. The highest BCUT2D eigenvalue weighted by molar-refractivity contribution is 6.32. The van der Waals surface area contributed by atoms with Gasteiger partial charge in [0.05, 0.1) is 23.4 Å². The van der Waals surface area contributed by atoms with Crippen LogP contribution in [0, 0.1) is 5.82 Å². The van der Waals surface area contributed by atoms with E-state index in [0.29, 0.717) is 0 Å². The molecule has 0 saturated heterocycles. The fraction of sp³-hybridized carbons (Fsp3) is 0.200. The first kappa shape index (κ1) is 20.9. The van der Waals surface area contributed by atoms with Gasteiger partial charge in [-0.05, 0) is 17.7 Å². The Bertz CT molecular complexity index is 1190. The van der Waals surface area contributed by atoms with E-state index in [2.05, 4.69) is 4.98 Å². The number of aromatic nitrogens is 2. The number of carboxylic acids is 1. The van der Waals surface area contributed by atoms with Crippen LogP contribution in [0.4, 0.5) is 17.6 Å². The number of halogens is 4. The summed E-state index contributed by atoms with van der Waals surface area (Å²) in [6.07, 6.45) is -6.37. The number of benzene rings is 2. The van der Waals surface area contributed by atoms with Gasteiger partial charge in [0.25, 0.3) is 0 Å². The van der Waals surface area contributed by atoms with E-state index in [9.17, 15) is 32.6 Å². The largest absolute Gasteiger partial charge is 0.491 e. The van der Waals surface area contributed by atoms with Crippen LogP contribution in [-0.4, -0.2) is 40.2 Å². The molecule has 158 valence electrons. The van der Waals surface area contributed by atoms with Crippen LogP contribution < -0.4 is 10.2 Å². The molecule has 1 aromatic heterocycles. The van der Waals surface area contributed by atoms with Gasteiger partial charge in [0.1, 0.15) is 37.9 Å². The number of hydrogen-bond acceptors (Lipinski definition) is 4. The number of carbonyl (C=O) groups is 1. The van der Waals surface area contributed by atoms with Gasteiger partial charge in [-0.1, -0.05) is 23.7 Å². The van der Waals surface area contributed by atoms with E-state index >= 15 is 0 Å². The van der Waals surface area contributed by atoms with Crippen molar-refractivity contribution in [3.63, 3.8) is 0 Å². The Kier molecular flexibility index (Phi) is 5.00. The van der Waals surface area contributed by atoms with Gasteiger partial charge < -0.3 is 19.5 Å². The molecule has 1 aliphatic heterocycles. The minimum atomic E-state index is -4.64. The fourth-order valence-electron chi connectivity index (χ4n) is 3.49. The predicted octanol–water partition coefficient (Wildman–Crippen LogP) is 2.67. The van der Waals surface area contributed by atoms with Crippen molar-refractivity contribution in [1.82, 2.24) is 9.55 Å². The molecule has 2 radical (unpaired) electrons. The molecule has 0 amide bonds. The van der Waals surface area contributed by atoms with E-state index in [1.54, 1.807) is 0 Å². The highest BCUT2D eigenvalue weighted by Crippen LogP contribution is 2.37. The number of nitrogens with zero attached hydrogens (tertiary/aromatic N) is 2. The summed E-state index contributed by atoms with van der Waals surface area (Å²) in [6.45, 7) is -0.0156. The summed E-state index contributed by atoms with van der Waals surface area (Å²) in [5, 5.41) is 20.5. The van der Waals surface area contributed by atoms with Crippen molar-refractivity contribution in [2.75, 3.05) is 6.61 Å². The third-order valence-corrected chi connectivity index (χ3v) is 4.91. The summed E-state index contributed by atoms with van der Waals surface area (Å²) in [4.78, 5) is 15.9. The van der Waals surface area contributed by atoms with E-state index in [1.807, 2.05) is 0 Å². The smallest absolute Gasteiger partial charge is 0.416 e. The number of rotatable bonds is 3. The number of carboxylic acid groups (broad SMARTS) is 1. The minimum Gasteiger partial charge on any atom is -0.491 e. The second-order valence-electron chi connectivity index (χ2n) is 6.87. The number of imidazole rings is 1. The molecular weight excluding hydrogens is 419 g/mol. The molecule has 4 rings (SSSR count). The Morgan fingerprint density at radius 3 is 2.68 bits per heavy atom. The van der Waals surface area contributed by atoms with E-state index in [-0.39, 0.29) is 47.0 Å². The third-order valence-electron chi connectivity index (χ3n) is 4.91. The zero-order chi connectivity index (χ0) is 22.5. The number of ether oxygens (including phenoxy) is 1. The predicted molar refractivity (Wildman–Crippen MR) is 101 cm³/mol. The standard InChI is InChI=1S/C20H13BF4N2O4/c21-12-7-11-14(8-13(12)22)31-5-4-27-16(15(19(29)30)26-18(11)27)17(28)9-2-1-3-10(6-9)20(23,24)25/h1-3,6-8,17,28H,4-5H2,(H,29,30). The summed E-state index contributed by atoms with van der Waals surface area (Å²) in [6, 6.07) is 6.21. The van der Waals surface area contributed by atoms with Crippen molar-refractivity contribution in [2.45, 2.75) is 18.8 Å². The van der Waals surface area contributed by atoms with Gasteiger partial charge in [-0.3, -0.25) is 0 Å². The number of hydrogen-bond donors (Lipinski definition) is 2. The van der Waals surface area contributed by atoms with Crippen LogP contribution in [0.15, 0.2) is 36.4 Å². The monoisotopic (exact) mass is 432 g/mol. The minimum absolute atomic E-state index is 0.0111. The molecule has 0 spiro atoms. The van der Waals surface area contributed by atoms with Gasteiger partial charge in [0.15, 0.2) is 5.69 Å². The maximum Gasteiger partial charge on any atom is 0.416 e. The van der Waals surface area contributed by atoms with Gasteiger partial charge in [0.2, 0.25) is 0 Å². The first-order valence-corrected chi connectivity index (χ1v) is 8.99. The lowest BCUT2D eigenvalue weighted by atomic mass is 9.93. The van der Waals surface area contributed by atoms with Crippen LogP contribution >= 0.6 is 0 Å². The number of aliphatic hydroxyl groups excluding tert-OH is 1. The number of fused-ring (bicyclic) bond motifs is 3. The Morgan fingerprint density at radius 1 is 1.26 bits per heavy atom. The molecule has 11 heteroatoms. The highest BCUT2D eigenvalue weighted by atomic mass is 19.4. The fourth-order valence-corrected chi connectivity index (χ4v) is 3.49. The van der Waals surface area contributed by atoms with Gasteiger partial charge in [-0.2, -0.15) is 13.2 Å². The Hall–Kier alpha value is -3.34. The van der Waals surface area contributed by atoms with E-state index < -0.39 is 35.3 Å². The lowest BCUT2D eigenvalue weighted by Crippen LogP contribution is -2.16. The quantitative estimate of drug-likeness (QED) is 0.491. The lowest BCUT2D eigenvalue weighted by molar-refractivity contribution is -0.137. The molecule has 0 bridgehead atoms. The van der Waals surface area contributed by atoms with Crippen LogP contribution in [0.3, 0.4) is 0 Å². The van der Waals surface area contributed by atoms with E-state index in [1.165, 1.54) is 16.7 Å². The molecule has 31 heavy (non-hydrogen) atoms. The summed E-state index contributed by atoms with van der Waals surface area (Å²) in [7, 11) is 5.63. The van der Waals surface area contributed by atoms with Crippen molar-refractivity contribution in [2.24, 2.45) is 0 Å². The average Bonchev–Trinajstić information content (AvgIpc) is 3.00. The number of aromatic carboxylic acids is 1. The molecule has 2 aromatic carbocycles. The van der Waals surface area contributed by atoms with E-state index in [4.69, 9.17) is 12.6 Å². The van der Waals surface area contributed by atoms with Gasteiger partial charge in [-0.15, -0.1) is 0 Å². The van der Waals surface area contributed by atoms with Crippen LogP contribution in [-0.2, 0) is 12.7 Å². The van der Waals surface area contributed by atoms with Crippen LogP contribution in [0.1, 0.15) is 33.4 Å². The zero-order valence-corrected chi connectivity index (χ0v) is 15.7. The van der Waals surface area contributed by atoms with Crippen molar-refractivity contribution in [3.8, 4) is 17.1 Å². The molecule has 0 saturated carbocycles. The first-order valence-electron chi connectivity index (χ1n) is 8.99. The van der Waals surface area contributed by atoms with Crippen LogP contribution in [0.5, 0.6) is 5.75 Å². The molecule has 2 heterocycles. The Morgan fingerprint density at radius 2 is 2.00 bits per heavy atom. The zero-order valence-electron chi connectivity index (χ0n) is 15.7. The molecule has 6 nitrogen and oxygen atoms in total. The maximum atomic E-state index is 13.9. The van der Waals surface area contributed by atoms with Crippen molar-refractivity contribution in [1.29, 1.82) is 0 Å². The maximum absolute atomic E-state index is 13.9. The summed E-state index contributed by atoms with van der Waals surface area (Å²) in [5.41, 5.74) is -1.95. The van der Waals surface area contributed by atoms with Gasteiger partial charge in [0, 0.05) is 6.07 Å². The molecule has 0 aliphatic carbocycles. The molecule has 1 unspecified atom stereocenters. The summed E-state index contributed by atoms with van der Waals surface area (Å²) >= 11 is 0. The van der Waals surface area contributed by atoms with Gasteiger partial charge in [-0.25, -0.2) is 14.2 Å². The molecule has 3 aromatic rings. The molecule has 2 N–H and O–H groups in total. The van der Waals surface area contributed by atoms with Crippen molar-refractivity contribution >= 4 is 19.3 Å². The first-order chi connectivity index (χ1) is 14.6. The highest BCUT2D eigenvalue weighted by Gasteiger charge is 2.34. The topological polar surface area (TPSA) is 84.6 Å². The second-order valence-corrected chi connectivity index (χ2v) is 6.87. The Labute approximate surface area is 174 Å². The third kappa shape index (κ3) is 3.65. The average molecular weight is 432 g/mol. The summed E-state index contributed by atoms with van der Waals surface area (Å²) < 4.78 is 60.0. The van der Waals surface area contributed by atoms with Crippen LogP contribution in [0.25, 0.3) is 11.4 Å². The number of aliphatic hydroxyl groups is 1. The number of alkyl halides is 3. The van der Waals surface area contributed by atoms with Gasteiger partial charge >= 0.3 is 12.1 Å². The summed E-state index contributed by atoms with van der Waals surface area (Å²) in [5.74, 6) is -2.11. The molecule has 1 aliphatic rings. The normalized spacial score (nSPS) is 14.2. The van der Waals surface area contributed by atoms with Crippen molar-refractivity contribution < 1.29 is 37.3 Å². The van der Waals surface area contributed by atoms with Crippen LogP contribution in [0.2, 0.25) is 0 Å². The Balaban J connectivity index is 1.91. The molecule has 0 fully saturated rings. The molecular formula is C20H13BF4N2O4. The molecule has 1 atom stereocenters. The van der Waals surface area contributed by atoms with E-state index in [0.717, 1.165) is 24.3 Å². The van der Waals surface area contributed by atoms with Crippen molar-refractivity contribution in [3.05, 3.63) is 64.7 Å². The second kappa shape index (κ2) is 7.42.